The number of anilines is 1. The van der Waals surface area contributed by atoms with Crippen molar-refractivity contribution in [2.75, 3.05) is 12.4 Å². The summed E-state index contributed by atoms with van der Waals surface area (Å²) in [6.07, 6.45) is 0.0370. The fourth-order valence-corrected chi connectivity index (χ4v) is 6.42. The minimum absolute atomic E-state index is 0.216. The molecule has 1 aliphatic rings. The molecular formula is C38H36FN5O3. The van der Waals surface area contributed by atoms with Gasteiger partial charge in [0.1, 0.15) is 23.7 Å². The highest BCUT2D eigenvalue weighted by atomic mass is 19.1. The van der Waals surface area contributed by atoms with Crippen LogP contribution >= 0.6 is 0 Å². The summed E-state index contributed by atoms with van der Waals surface area (Å²) >= 11 is 0. The van der Waals surface area contributed by atoms with Gasteiger partial charge in [-0.15, -0.1) is 0 Å². The van der Waals surface area contributed by atoms with Gasteiger partial charge in [0.25, 0.3) is 0 Å². The van der Waals surface area contributed by atoms with Crippen LogP contribution in [0.25, 0.3) is 11.2 Å². The molecule has 1 aliphatic heterocycles. The van der Waals surface area contributed by atoms with Gasteiger partial charge in [-0.1, -0.05) is 110 Å². The fraction of sp³-hybridized carbons (Fsp3) is 0.237. The molecule has 2 aromatic heterocycles. The number of benzene rings is 4. The number of methoxy groups -OCH3 is 1. The Bertz CT molecular complexity index is 1810. The molecule has 1 fully saturated rings. The van der Waals surface area contributed by atoms with Crippen LogP contribution in [0.3, 0.4) is 0 Å². The van der Waals surface area contributed by atoms with E-state index in [9.17, 15) is 0 Å². The molecule has 0 radical (unpaired) electrons. The van der Waals surface area contributed by atoms with Crippen LogP contribution in [0, 0.1) is 0 Å². The van der Waals surface area contributed by atoms with Crippen molar-refractivity contribution in [3.8, 4) is 5.75 Å². The number of fused-ring (bicyclic) bond motifs is 1. The molecule has 7 rings (SSSR count). The standard InChI is InChI=1S/C38H36FN5O3/c1-3-31-32(39)34(46-23-26-19-21-30(45-2)22-20-26)37(47-31)44-25-42-33-35(40-24-41-36(33)44)43-38(27-13-7-4-8-14-27,28-15-9-5-10-16-28)29-17-11-6-12-18-29/h4-22,24-25,31-32,34,37H,3,23H2,1-2H3,(H,40,41,43)/t31-,32+,34?,37-/m1/s1. The Morgan fingerprint density at radius 1 is 0.809 bits per heavy atom. The summed E-state index contributed by atoms with van der Waals surface area (Å²) in [5.41, 5.74) is 4.22. The second kappa shape index (κ2) is 13.3. The largest absolute Gasteiger partial charge is 0.497 e. The van der Waals surface area contributed by atoms with Crippen LogP contribution in [0.5, 0.6) is 5.75 Å². The van der Waals surface area contributed by atoms with E-state index in [1.54, 1.807) is 18.0 Å². The molecule has 9 heteroatoms. The first-order chi connectivity index (χ1) is 23.1. The summed E-state index contributed by atoms with van der Waals surface area (Å²) in [5.74, 6) is 1.28. The van der Waals surface area contributed by atoms with E-state index in [1.165, 1.54) is 6.33 Å². The number of alkyl halides is 1. The number of nitrogens with zero attached hydrogens (tertiary/aromatic N) is 4. The zero-order valence-electron chi connectivity index (χ0n) is 26.2. The molecule has 0 spiro atoms. The van der Waals surface area contributed by atoms with Gasteiger partial charge in [-0.3, -0.25) is 4.57 Å². The summed E-state index contributed by atoms with van der Waals surface area (Å²) < 4.78 is 35.4. The molecule has 0 saturated carbocycles. The predicted octanol–water partition coefficient (Wildman–Crippen LogP) is 7.47. The Labute approximate surface area is 273 Å². The molecule has 8 nitrogen and oxygen atoms in total. The molecule has 3 heterocycles. The third kappa shape index (κ3) is 5.73. The van der Waals surface area contributed by atoms with E-state index in [0.29, 0.717) is 23.4 Å². The van der Waals surface area contributed by atoms with E-state index in [0.717, 1.165) is 28.0 Å². The fourth-order valence-electron chi connectivity index (χ4n) is 6.42. The molecule has 238 valence electrons. The lowest BCUT2D eigenvalue weighted by molar-refractivity contribution is -0.0692. The molecule has 1 saturated heterocycles. The maximum Gasteiger partial charge on any atom is 0.167 e. The van der Waals surface area contributed by atoms with Gasteiger partial charge < -0.3 is 19.5 Å². The van der Waals surface area contributed by atoms with Crippen LogP contribution in [0.1, 0.15) is 41.8 Å². The highest BCUT2D eigenvalue weighted by Crippen LogP contribution is 2.42. The average molecular weight is 630 g/mol. The lowest BCUT2D eigenvalue weighted by Crippen LogP contribution is -2.38. The van der Waals surface area contributed by atoms with Crippen LogP contribution in [0.2, 0.25) is 0 Å². The zero-order valence-corrected chi connectivity index (χ0v) is 26.2. The maximum absolute atomic E-state index is 15.8. The van der Waals surface area contributed by atoms with Gasteiger partial charge in [0.2, 0.25) is 0 Å². The topological polar surface area (TPSA) is 83.3 Å². The Hall–Kier alpha value is -5.12. The highest BCUT2D eigenvalue weighted by Gasteiger charge is 2.47. The summed E-state index contributed by atoms with van der Waals surface area (Å²) in [7, 11) is 1.62. The van der Waals surface area contributed by atoms with Gasteiger partial charge in [0, 0.05) is 0 Å². The van der Waals surface area contributed by atoms with Crippen LogP contribution in [-0.2, 0) is 21.6 Å². The van der Waals surface area contributed by atoms with Crippen molar-refractivity contribution in [2.24, 2.45) is 0 Å². The number of nitrogens with one attached hydrogen (secondary N) is 1. The van der Waals surface area contributed by atoms with E-state index < -0.39 is 30.1 Å². The van der Waals surface area contributed by atoms with Gasteiger partial charge in [-0.05, 0) is 40.8 Å². The third-order valence-electron chi connectivity index (χ3n) is 8.83. The second-order valence-corrected chi connectivity index (χ2v) is 11.6. The molecule has 1 unspecified atom stereocenters. The van der Waals surface area contributed by atoms with Gasteiger partial charge in [-0.25, -0.2) is 19.3 Å². The number of aromatic nitrogens is 4. The van der Waals surface area contributed by atoms with Crippen molar-refractivity contribution in [1.29, 1.82) is 0 Å². The van der Waals surface area contributed by atoms with Crippen LogP contribution in [0.4, 0.5) is 10.2 Å². The first-order valence-corrected chi connectivity index (χ1v) is 15.8. The Kier molecular flexibility index (Phi) is 8.65. The number of hydrogen-bond acceptors (Lipinski definition) is 7. The molecule has 6 aromatic rings. The summed E-state index contributed by atoms with van der Waals surface area (Å²) in [6.45, 7) is 2.13. The normalized spacial score (nSPS) is 19.6. The minimum Gasteiger partial charge on any atom is -0.497 e. The number of rotatable bonds is 11. The quantitative estimate of drug-likeness (QED) is 0.149. The van der Waals surface area contributed by atoms with Crippen LogP contribution in [-0.4, -0.2) is 45.0 Å². The smallest absolute Gasteiger partial charge is 0.167 e. The minimum atomic E-state index is -1.33. The second-order valence-electron chi connectivity index (χ2n) is 11.6. The molecule has 47 heavy (non-hydrogen) atoms. The van der Waals surface area contributed by atoms with Crippen molar-refractivity contribution in [3.05, 3.63) is 150 Å². The predicted molar refractivity (Wildman–Crippen MR) is 179 cm³/mol. The molecular weight excluding hydrogens is 593 g/mol. The Balaban J connectivity index is 1.29. The van der Waals surface area contributed by atoms with E-state index in [4.69, 9.17) is 24.2 Å². The van der Waals surface area contributed by atoms with Crippen molar-refractivity contribution in [2.45, 2.75) is 50.1 Å². The Morgan fingerprint density at radius 2 is 1.40 bits per heavy atom. The van der Waals surface area contributed by atoms with Crippen molar-refractivity contribution in [3.63, 3.8) is 0 Å². The molecule has 0 aliphatic carbocycles. The van der Waals surface area contributed by atoms with Gasteiger partial charge in [0.05, 0.1) is 26.1 Å². The van der Waals surface area contributed by atoms with Gasteiger partial charge >= 0.3 is 0 Å². The number of hydrogen-bond donors (Lipinski definition) is 1. The van der Waals surface area contributed by atoms with E-state index in [-0.39, 0.29) is 6.61 Å². The molecule has 4 aromatic carbocycles. The van der Waals surface area contributed by atoms with E-state index in [2.05, 4.69) is 46.7 Å². The van der Waals surface area contributed by atoms with Gasteiger partial charge in [0.15, 0.2) is 29.4 Å². The first-order valence-electron chi connectivity index (χ1n) is 15.8. The average Bonchev–Trinajstić information content (AvgIpc) is 3.71. The molecule has 4 atom stereocenters. The molecule has 0 amide bonds. The number of ether oxygens (including phenoxy) is 3. The Morgan fingerprint density at radius 3 is 1.96 bits per heavy atom. The van der Waals surface area contributed by atoms with Crippen molar-refractivity contribution < 1.29 is 18.6 Å². The van der Waals surface area contributed by atoms with Crippen LogP contribution < -0.4 is 10.1 Å². The van der Waals surface area contributed by atoms with Crippen LogP contribution in [0.15, 0.2) is 128 Å². The molecule has 0 bridgehead atoms. The maximum atomic E-state index is 15.8. The third-order valence-corrected chi connectivity index (χ3v) is 8.83. The summed E-state index contributed by atoms with van der Waals surface area (Å²) in [6, 6.07) is 38.4. The lowest BCUT2D eigenvalue weighted by atomic mass is 9.77. The SMILES string of the molecule is CC[C@H]1O[C@@H](n2cnc3c(NC(c4ccccc4)(c4ccccc4)c4ccccc4)ncnc32)C(OCc2ccc(OC)cc2)[C@H]1F. The van der Waals surface area contributed by atoms with E-state index in [1.807, 2.05) is 85.8 Å². The highest BCUT2D eigenvalue weighted by molar-refractivity contribution is 5.84. The number of imidazole rings is 1. The molecule has 1 N–H and O–H groups in total. The summed E-state index contributed by atoms with van der Waals surface area (Å²) in [5, 5.41) is 3.80. The number of halogens is 1. The van der Waals surface area contributed by atoms with E-state index >= 15 is 4.39 Å². The summed E-state index contributed by atoms with van der Waals surface area (Å²) in [4.78, 5) is 14.1. The van der Waals surface area contributed by atoms with Gasteiger partial charge in [-0.2, -0.15) is 0 Å². The van der Waals surface area contributed by atoms with Crippen molar-refractivity contribution in [1.82, 2.24) is 19.5 Å². The monoisotopic (exact) mass is 629 g/mol. The zero-order chi connectivity index (χ0) is 32.2. The lowest BCUT2D eigenvalue weighted by Gasteiger charge is -2.37. The first kappa shape index (κ1) is 30.5. The van der Waals surface area contributed by atoms with Crippen molar-refractivity contribution >= 4 is 17.0 Å².